The molecule has 0 spiro atoms. The Balaban J connectivity index is 3.08. The van der Waals surface area contributed by atoms with E-state index >= 15 is 0 Å². The predicted octanol–water partition coefficient (Wildman–Crippen LogP) is 2.79. The van der Waals surface area contributed by atoms with E-state index in [1.54, 1.807) is 0 Å². The van der Waals surface area contributed by atoms with Crippen LogP contribution in [-0.2, 0) is 9.47 Å². The molecule has 102 valence electrons. The molecule has 2 nitrogen and oxygen atoms in total. The van der Waals surface area contributed by atoms with Crippen molar-refractivity contribution in [3.05, 3.63) is 0 Å². The summed E-state index contributed by atoms with van der Waals surface area (Å²) in [7, 11) is 0. The van der Waals surface area contributed by atoms with Gasteiger partial charge in [-0.15, -0.1) is 0 Å². The Bertz CT molecular complexity index is 273. The molecule has 1 fully saturated rings. The third-order valence-electron chi connectivity index (χ3n) is 1.86. The number of rotatable bonds is 0. The quantitative estimate of drug-likeness (QED) is 0.634. The highest BCUT2D eigenvalue weighted by molar-refractivity contribution is 4.94. The molecule has 0 amide bonds. The summed E-state index contributed by atoms with van der Waals surface area (Å²) in [5.41, 5.74) is 0. The molecule has 0 aliphatic carbocycles. The van der Waals surface area contributed by atoms with E-state index in [0.717, 1.165) is 0 Å². The zero-order chi connectivity index (χ0) is 13.7. The second-order valence-electron chi connectivity index (χ2n) is 3.07. The van der Waals surface area contributed by atoms with E-state index in [4.69, 9.17) is 0 Å². The van der Waals surface area contributed by atoms with Crippen LogP contribution in [0.5, 0.6) is 0 Å². The minimum absolute atomic E-state index is 1.87. The van der Waals surface area contributed by atoms with Gasteiger partial charge in [0.2, 0.25) is 0 Å². The van der Waals surface area contributed by atoms with Gasteiger partial charge in [-0.05, 0) is 0 Å². The van der Waals surface area contributed by atoms with Gasteiger partial charge in [-0.1, -0.05) is 0 Å². The van der Waals surface area contributed by atoms with E-state index in [0.29, 0.717) is 0 Å². The number of ether oxygens (including phenoxy) is 2. The van der Waals surface area contributed by atoms with Crippen molar-refractivity contribution >= 4 is 0 Å². The minimum Gasteiger partial charge on any atom is -0.332 e. The fourth-order valence-corrected chi connectivity index (χ4v) is 1.08. The molecule has 0 aromatic heterocycles. The van der Waals surface area contributed by atoms with Gasteiger partial charge < -0.3 is 9.47 Å². The second-order valence-corrected chi connectivity index (χ2v) is 3.07. The molecule has 1 heterocycles. The largest absolute Gasteiger partial charge is 0.453 e. The Morgan fingerprint density at radius 2 is 1.24 bits per heavy atom. The van der Waals surface area contributed by atoms with Crippen LogP contribution >= 0.6 is 0 Å². The lowest BCUT2D eigenvalue weighted by atomic mass is 10.2. The first kappa shape index (κ1) is 14.4. The number of hydrogen-bond acceptors (Lipinski definition) is 2. The van der Waals surface area contributed by atoms with Crippen LogP contribution in [0.15, 0.2) is 0 Å². The molecule has 1 aliphatic rings. The van der Waals surface area contributed by atoms with Gasteiger partial charge in [0, 0.05) is 0 Å². The van der Waals surface area contributed by atoms with Crippen molar-refractivity contribution in [1.29, 1.82) is 0 Å². The maximum atomic E-state index is 12.1. The van der Waals surface area contributed by atoms with E-state index in [1.165, 1.54) is 0 Å². The molecule has 1 atom stereocenters. The Hall–Kier alpha value is -0.710. The van der Waals surface area contributed by atoms with Gasteiger partial charge in [-0.3, -0.25) is 0 Å². The Morgan fingerprint density at radius 3 is 1.41 bits per heavy atom. The summed E-state index contributed by atoms with van der Waals surface area (Å²) in [6.07, 6.45) is -21.0. The second kappa shape index (κ2) is 3.64. The average Bonchev–Trinajstić information content (AvgIpc) is 2.43. The topological polar surface area (TPSA) is 18.5 Å². The Kier molecular flexibility index (Phi) is 3.07. The summed E-state index contributed by atoms with van der Waals surface area (Å²) in [6.45, 7) is -1.87. The summed E-state index contributed by atoms with van der Waals surface area (Å²) < 4.78 is 115. The van der Waals surface area contributed by atoms with Crippen LogP contribution < -0.4 is 0 Å². The molecular formula is C6H3F9O2. The number of hydrogen-bond donors (Lipinski definition) is 0. The first-order valence-corrected chi connectivity index (χ1v) is 3.83. The van der Waals surface area contributed by atoms with Crippen molar-refractivity contribution in [3.63, 3.8) is 0 Å². The summed E-state index contributed by atoms with van der Waals surface area (Å²) in [5.74, 6) is -5.22. The molecule has 11 heteroatoms. The fraction of sp³-hybridized carbons (Fsp3) is 1.00. The zero-order valence-electron chi connectivity index (χ0n) is 7.50. The van der Waals surface area contributed by atoms with Crippen LogP contribution in [0.1, 0.15) is 0 Å². The summed E-state index contributed by atoms with van der Waals surface area (Å²) in [5, 5.41) is 0. The van der Waals surface area contributed by atoms with Crippen LogP contribution in [0.3, 0.4) is 0 Å². The van der Waals surface area contributed by atoms with E-state index in [2.05, 4.69) is 9.47 Å². The van der Waals surface area contributed by atoms with Gasteiger partial charge in [0.1, 0.15) is 0 Å². The van der Waals surface area contributed by atoms with Gasteiger partial charge in [0.05, 0.1) is 6.61 Å². The molecule has 0 N–H and O–H groups in total. The molecule has 0 radical (unpaired) electrons. The molecule has 1 rings (SSSR count). The molecule has 0 saturated carbocycles. The van der Waals surface area contributed by atoms with E-state index in [9.17, 15) is 39.5 Å². The predicted molar refractivity (Wildman–Crippen MR) is 31.7 cm³/mol. The highest BCUT2D eigenvalue weighted by Crippen LogP contribution is 2.51. The van der Waals surface area contributed by atoms with Crippen LogP contribution in [0, 0.1) is 0 Å². The van der Waals surface area contributed by atoms with Gasteiger partial charge in [-0.2, -0.15) is 39.5 Å². The van der Waals surface area contributed by atoms with Crippen LogP contribution in [0.25, 0.3) is 0 Å². The number of alkyl halides is 9. The highest BCUT2D eigenvalue weighted by Gasteiger charge is 2.79. The molecule has 1 unspecified atom stereocenters. The van der Waals surface area contributed by atoms with E-state index in [-0.39, 0.29) is 0 Å². The van der Waals surface area contributed by atoms with E-state index in [1.807, 2.05) is 0 Å². The lowest BCUT2D eigenvalue weighted by Crippen LogP contribution is -2.58. The Labute approximate surface area is 87.3 Å². The highest BCUT2D eigenvalue weighted by atomic mass is 19.4. The van der Waals surface area contributed by atoms with Gasteiger partial charge in [0.15, 0.2) is 6.10 Å². The van der Waals surface area contributed by atoms with Gasteiger partial charge in [-0.25, -0.2) is 0 Å². The van der Waals surface area contributed by atoms with Crippen molar-refractivity contribution in [1.82, 2.24) is 0 Å². The van der Waals surface area contributed by atoms with Crippen molar-refractivity contribution in [3.8, 4) is 0 Å². The standard InChI is InChI=1S/C6H3F9O2/c7-3(8,9)2-1-16-4(17-2,5(10,11)12)6(13,14)15/h2H,1H2. The summed E-state index contributed by atoms with van der Waals surface area (Å²) in [6, 6.07) is 0. The maximum absolute atomic E-state index is 12.1. The molecule has 0 aromatic rings. The summed E-state index contributed by atoms with van der Waals surface area (Å²) >= 11 is 0. The van der Waals surface area contributed by atoms with Gasteiger partial charge in [0.25, 0.3) is 0 Å². The molecular weight excluding hydrogens is 275 g/mol. The van der Waals surface area contributed by atoms with Crippen LogP contribution in [0.4, 0.5) is 39.5 Å². The first-order chi connectivity index (χ1) is 7.31. The third-order valence-corrected chi connectivity index (χ3v) is 1.86. The monoisotopic (exact) mass is 278 g/mol. The smallest absolute Gasteiger partial charge is 0.332 e. The molecule has 1 saturated heterocycles. The van der Waals surface area contributed by atoms with Crippen LogP contribution in [0.2, 0.25) is 0 Å². The lowest BCUT2D eigenvalue weighted by Gasteiger charge is -2.31. The molecule has 0 aromatic carbocycles. The molecule has 1 aliphatic heterocycles. The first-order valence-electron chi connectivity index (χ1n) is 3.83. The van der Waals surface area contributed by atoms with Gasteiger partial charge >= 0.3 is 24.3 Å². The lowest BCUT2D eigenvalue weighted by molar-refractivity contribution is -0.448. The number of halogens is 9. The normalized spacial score (nSPS) is 26.3. The van der Waals surface area contributed by atoms with Crippen molar-refractivity contribution < 1.29 is 49.0 Å². The average molecular weight is 278 g/mol. The molecule has 17 heavy (non-hydrogen) atoms. The minimum atomic E-state index is -6.16. The fourth-order valence-electron chi connectivity index (χ4n) is 1.08. The third kappa shape index (κ3) is 2.30. The zero-order valence-corrected chi connectivity index (χ0v) is 7.50. The van der Waals surface area contributed by atoms with E-state index < -0.39 is 37.0 Å². The Morgan fingerprint density at radius 1 is 0.824 bits per heavy atom. The summed E-state index contributed by atoms with van der Waals surface area (Å²) in [4.78, 5) is 0. The van der Waals surface area contributed by atoms with Crippen LogP contribution in [-0.4, -0.2) is 37.0 Å². The SMILES string of the molecule is FC(F)(F)C1COC(C(F)(F)F)(C(F)(F)F)O1. The molecule has 0 bridgehead atoms. The van der Waals surface area contributed by atoms with Crippen molar-refractivity contribution in [2.75, 3.05) is 6.61 Å². The maximum Gasteiger partial charge on any atom is 0.453 e. The van der Waals surface area contributed by atoms with Crippen molar-refractivity contribution in [2.45, 2.75) is 30.4 Å². The van der Waals surface area contributed by atoms with Crippen molar-refractivity contribution in [2.24, 2.45) is 0 Å².